The number of pyridine rings is 1. The minimum atomic E-state index is -0.0975. The molecule has 0 spiro atoms. The van der Waals surface area contributed by atoms with Crippen LogP contribution in [0.5, 0.6) is 0 Å². The van der Waals surface area contributed by atoms with Crippen LogP contribution in [0.1, 0.15) is 34.3 Å². The van der Waals surface area contributed by atoms with Crippen molar-refractivity contribution in [3.63, 3.8) is 0 Å². The van der Waals surface area contributed by atoms with Gasteiger partial charge in [-0.1, -0.05) is 36.0 Å². The summed E-state index contributed by atoms with van der Waals surface area (Å²) >= 11 is 1.51. The van der Waals surface area contributed by atoms with Gasteiger partial charge in [-0.25, -0.2) is 4.98 Å². The lowest BCUT2D eigenvalue weighted by molar-refractivity contribution is -0.117. The highest BCUT2D eigenvalue weighted by Crippen LogP contribution is 2.30. The monoisotopic (exact) mass is 474 g/mol. The second kappa shape index (κ2) is 11.3. The summed E-state index contributed by atoms with van der Waals surface area (Å²) in [4.78, 5) is 33.1. The Hall–Kier alpha value is -3.16. The molecule has 1 aliphatic heterocycles. The highest BCUT2D eigenvalue weighted by Gasteiger charge is 2.24. The Morgan fingerprint density at radius 1 is 1.00 bits per heavy atom. The second-order valence-electron chi connectivity index (χ2n) is 8.64. The first kappa shape index (κ1) is 24.0. The maximum absolute atomic E-state index is 13.1. The third kappa shape index (κ3) is 6.46. The van der Waals surface area contributed by atoms with Crippen molar-refractivity contribution in [2.75, 3.05) is 25.0 Å². The number of amides is 2. The summed E-state index contributed by atoms with van der Waals surface area (Å²) in [6.07, 6.45) is 3.34. The van der Waals surface area contributed by atoms with Gasteiger partial charge in [-0.2, -0.15) is 0 Å². The molecule has 0 unspecified atom stereocenters. The van der Waals surface area contributed by atoms with Crippen LogP contribution in [0.2, 0.25) is 0 Å². The molecule has 0 saturated carbocycles. The zero-order chi connectivity index (χ0) is 23.9. The van der Waals surface area contributed by atoms with Gasteiger partial charge in [-0.3, -0.25) is 14.5 Å². The number of hydrogen-bond donors (Lipinski definition) is 2. The molecule has 0 aliphatic carbocycles. The molecule has 1 saturated heterocycles. The average Bonchev–Trinajstić information content (AvgIpc) is 2.83. The molecule has 6 nitrogen and oxygen atoms in total. The highest BCUT2D eigenvalue weighted by atomic mass is 32.2. The number of likely N-dealkylation sites (tertiary alicyclic amines) is 1. The number of anilines is 1. The molecule has 0 bridgehead atoms. The molecule has 3 aromatic rings. The van der Waals surface area contributed by atoms with Crippen molar-refractivity contribution in [1.29, 1.82) is 0 Å². The maximum atomic E-state index is 13.1. The number of nitrogens with zero attached hydrogens (tertiary/aromatic N) is 2. The van der Waals surface area contributed by atoms with Crippen molar-refractivity contribution in [2.24, 2.45) is 0 Å². The summed E-state index contributed by atoms with van der Waals surface area (Å²) in [6.45, 7) is 6.07. The molecular weight excluding hydrogens is 444 g/mol. The van der Waals surface area contributed by atoms with Crippen LogP contribution in [0.4, 0.5) is 5.69 Å². The van der Waals surface area contributed by atoms with Crippen LogP contribution in [0.25, 0.3) is 0 Å². The van der Waals surface area contributed by atoms with Gasteiger partial charge in [-0.05, 0) is 74.2 Å². The van der Waals surface area contributed by atoms with Gasteiger partial charge in [0, 0.05) is 35.9 Å². The lowest BCUT2D eigenvalue weighted by atomic mass is 10.0. The summed E-state index contributed by atoms with van der Waals surface area (Å²) in [7, 11) is 0. The quantitative estimate of drug-likeness (QED) is 0.520. The fourth-order valence-corrected chi connectivity index (χ4v) is 4.94. The molecule has 0 radical (unpaired) electrons. The topological polar surface area (TPSA) is 74.3 Å². The number of rotatable bonds is 7. The lowest BCUT2D eigenvalue weighted by Gasteiger charge is -2.32. The Kier molecular flexibility index (Phi) is 7.98. The van der Waals surface area contributed by atoms with Gasteiger partial charge in [0.15, 0.2) is 0 Å². The van der Waals surface area contributed by atoms with E-state index in [0.717, 1.165) is 36.5 Å². The van der Waals surface area contributed by atoms with E-state index in [0.29, 0.717) is 17.1 Å². The van der Waals surface area contributed by atoms with Crippen LogP contribution in [-0.4, -0.2) is 47.4 Å². The second-order valence-corrected chi connectivity index (χ2v) is 9.70. The number of aryl methyl sites for hydroxylation is 2. The fraction of sp³-hybridized carbons (Fsp3) is 0.296. The van der Waals surface area contributed by atoms with Crippen molar-refractivity contribution in [3.05, 3.63) is 83.6 Å². The summed E-state index contributed by atoms with van der Waals surface area (Å²) in [5, 5.41) is 6.81. The molecular formula is C27H30N4O2S. The van der Waals surface area contributed by atoms with Gasteiger partial charge < -0.3 is 10.6 Å². The number of carbonyl (C=O) groups is 2. The van der Waals surface area contributed by atoms with E-state index in [4.69, 9.17) is 0 Å². The number of hydrogen-bond acceptors (Lipinski definition) is 5. The van der Waals surface area contributed by atoms with Crippen molar-refractivity contribution >= 4 is 29.3 Å². The number of piperidine rings is 1. The predicted molar refractivity (Wildman–Crippen MR) is 136 cm³/mol. The SMILES string of the molecule is Cc1ccc(Sc2ncccc2C(=O)NC2CCN(CC(=O)Nc3ccccc3)CC2)cc1C. The summed E-state index contributed by atoms with van der Waals surface area (Å²) in [5.41, 5.74) is 3.86. The molecule has 0 atom stereocenters. The van der Waals surface area contributed by atoms with Gasteiger partial charge in [0.25, 0.3) is 5.91 Å². The summed E-state index contributed by atoms with van der Waals surface area (Å²) in [6, 6.07) is 19.5. The average molecular weight is 475 g/mol. The molecule has 1 fully saturated rings. The van der Waals surface area contributed by atoms with Gasteiger partial charge in [0.1, 0.15) is 5.03 Å². The molecule has 1 aliphatic rings. The lowest BCUT2D eigenvalue weighted by Crippen LogP contribution is -2.46. The van der Waals surface area contributed by atoms with Crippen LogP contribution >= 0.6 is 11.8 Å². The molecule has 176 valence electrons. The van der Waals surface area contributed by atoms with E-state index in [2.05, 4.69) is 52.6 Å². The van der Waals surface area contributed by atoms with E-state index in [1.807, 2.05) is 36.4 Å². The largest absolute Gasteiger partial charge is 0.349 e. The molecule has 7 heteroatoms. The third-order valence-electron chi connectivity index (χ3n) is 6.06. The molecule has 34 heavy (non-hydrogen) atoms. The molecule has 4 rings (SSSR count). The Bertz CT molecular complexity index is 1140. The minimum absolute atomic E-state index is 0.0166. The van der Waals surface area contributed by atoms with E-state index >= 15 is 0 Å². The number of aromatic nitrogens is 1. The maximum Gasteiger partial charge on any atom is 0.254 e. The third-order valence-corrected chi connectivity index (χ3v) is 7.06. The zero-order valence-corrected chi connectivity index (χ0v) is 20.4. The summed E-state index contributed by atoms with van der Waals surface area (Å²) in [5.74, 6) is -0.114. The van der Waals surface area contributed by atoms with Crippen LogP contribution in [0.3, 0.4) is 0 Å². The molecule has 2 aromatic carbocycles. The smallest absolute Gasteiger partial charge is 0.254 e. The van der Waals surface area contributed by atoms with Crippen molar-refractivity contribution in [2.45, 2.75) is 42.7 Å². The number of benzene rings is 2. The first-order valence-corrected chi connectivity index (χ1v) is 12.4. The van der Waals surface area contributed by atoms with Crippen molar-refractivity contribution in [1.82, 2.24) is 15.2 Å². The van der Waals surface area contributed by atoms with Crippen LogP contribution in [0.15, 0.2) is 76.8 Å². The highest BCUT2D eigenvalue weighted by molar-refractivity contribution is 7.99. The molecule has 2 N–H and O–H groups in total. The first-order valence-electron chi connectivity index (χ1n) is 11.6. The zero-order valence-electron chi connectivity index (χ0n) is 19.6. The number of nitrogens with one attached hydrogen (secondary N) is 2. The van der Waals surface area contributed by atoms with E-state index < -0.39 is 0 Å². The normalized spacial score (nSPS) is 14.5. The number of carbonyl (C=O) groups excluding carboxylic acids is 2. The first-order chi connectivity index (χ1) is 16.5. The van der Waals surface area contributed by atoms with Gasteiger partial charge in [0.05, 0.1) is 12.1 Å². The van der Waals surface area contributed by atoms with Crippen LogP contribution in [0, 0.1) is 13.8 Å². The predicted octanol–water partition coefficient (Wildman–Crippen LogP) is 4.68. The van der Waals surface area contributed by atoms with Gasteiger partial charge >= 0.3 is 0 Å². The molecule has 2 amide bonds. The minimum Gasteiger partial charge on any atom is -0.349 e. The Morgan fingerprint density at radius 2 is 1.76 bits per heavy atom. The summed E-state index contributed by atoms with van der Waals surface area (Å²) < 4.78 is 0. The molecule has 2 heterocycles. The van der Waals surface area contributed by atoms with Crippen LogP contribution in [-0.2, 0) is 4.79 Å². The van der Waals surface area contributed by atoms with Crippen LogP contribution < -0.4 is 10.6 Å². The van der Waals surface area contributed by atoms with E-state index in [1.165, 1.54) is 22.9 Å². The van der Waals surface area contributed by atoms with E-state index in [9.17, 15) is 9.59 Å². The standard InChI is InChI=1S/C27H30N4O2S/c1-19-10-11-23(17-20(19)2)34-27-24(9-6-14-28-27)26(33)30-22-12-15-31(16-13-22)18-25(32)29-21-7-4-3-5-8-21/h3-11,14,17,22H,12-13,15-16,18H2,1-2H3,(H,29,32)(H,30,33). The fourth-order valence-electron chi connectivity index (χ4n) is 3.96. The Balaban J connectivity index is 1.29. The van der Waals surface area contributed by atoms with E-state index in [1.54, 1.807) is 12.3 Å². The van der Waals surface area contributed by atoms with E-state index in [-0.39, 0.29) is 17.9 Å². The Labute approximate surface area is 205 Å². The van der Waals surface area contributed by atoms with Crippen molar-refractivity contribution < 1.29 is 9.59 Å². The van der Waals surface area contributed by atoms with Gasteiger partial charge in [-0.15, -0.1) is 0 Å². The van der Waals surface area contributed by atoms with Crippen molar-refractivity contribution in [3.8, 4) is 0 Å². The van der Waals surface area contributed by atoms with Gasteiger partial charge in [0.2, 0.25) is 5.91 Å². The Morgan fingerprint density at radius 3 is 2.50 bits per heavy atom. The number of para-hydroxylation sites is 1. The molecule has 1 aromatic heterocycles.